The van der Waals surface area contributed by atoms with Gasteiger partial charge in [-0.25, -0.2) is 0 Å². The molecule has 3 heterocycles. The van der Waals surface area contributed by atoms with E-state index in [1.165, 1.54) is 23.8 Å². The first-order valence-corrected chi connectivity index (χ1v) is 11.1. The van der Waals surface area contributed by atoms with Crippen molar-refractivity contribution in [3.8, 4) is 5.75 Å². The highest BCUT2D eigenvalue weighted by Gasteiger charge is 2.52. The fraction of sp³-hybridized carbons (Fsp3) is 0.640. The number of benzene rings is 1. The highest BCUT2D eigenvalue weighted by atomic mass is 16.5. The predicted molar refractivity (Wildman–Crippen MR) is 121 cm³/mol. The minimum atomic E-state index is -0.189. The van der Waals surface area contributed by atoms with Crippen LogP contribution in [0.3, 0.4) is 0 Å². The highest BCUT2D eigenvalue weighted by molar-refractivity contribution is 5.86. The summed E-state index contributed by atoms with van der Waals surface area (Å²) in [7, 11) is 4.94. The molecule has 1 aliphatic carbocycles. The second-order valence-corrected chi connectivity index (χ2v) is 9.31. The lowest BCUT2D eigenvalue weighted by atomic mass is 9.62. The number of aromatic nitrogens is 1. The van der Waals surface area contributed by atoms with E-state index in [9.17, 15) is 4.79 Å². The van der Waals surface area contributed by atoms with E-state index in [4.69, 9.17) is 14.2 Å². The van der Waals surface area contributed by atoms with Gasteiger partial charge in [-0.1, -0.05) is 14.4 Å². The number of ether oxygens (including phenoxy) is 3. The number of hydrogen-bond acceptors (Lipinski definition) is 5. The number of H-pyrrole nitrogens is 1. The molecule has 1 saturated heterocycles. The third-order valence-electron chi connectivity index (χ3n) is 7.94. The van der Waals surface area contributed by atoms with Crippen molar-refractivity contribution in [1.82, 2.24) is 9.88 Å². The van der Waals surface area contributed by atoms with Gasteiger partial charge in [-0.15, -0.1) is 0 Å². The van der Waals surface area contributed by atoms with E-state index in [-0.39, 0.29) is 31.3 Å². The Morgan fingerprint density at radius 3 is 2.71 bits per heavy atom. The molecule has 5 rings (SSSR count). The Morgan fingerprint density at radius 1 is 1.19 bits per heavy atom. The lowest BCUT2D eigenvalue weighted by molar-refractivity contribution is -0.167. The van der Waals surface area contributed by atoms with Crippen LogP contribution in [0, 0.1) is 23.7 Å². The van der Waals surface area contributed by atoms with Crippen molar-refractivity contribution in [2.45, 2.75) is 45.8 Å². The van der Waals surface area contributed by atoms with Crippen LogP contribution in [-0.4, -0.2) is 56.4 Å². The van der Waals surface area contributed by atoms with E-state index in [1.54, 1.807) is 14.2 Å². The Kier molecular flexibility index (Phi) is 6.05. The molecule has 1 unspecified atom stereocenters. The summed E-state index contributed by atoms with van der Waals surface area (Å²) in [5.74, 6) is 1.72. The van der Waals surface area contributed by atoms with Crippen molar-refractivity contribution in [3.63, 3.8) is 0 Å². The number of nitrogens with zero attached hydrogens (tertiary/aromatic N) is 1. The summed E-state index contributed by atoms with van der Waals surface area (Å²) in [4.78, 5) is 19.2. The number of fused-ring (bicyclic) bond motifs is 6. The maximum atomic E-state index is 12.8. The van der Waals surface area contributed by atoms with Crippen LogP contribution in [0.15, 0.2) is 18.2 Å². The van der Waals surface area contributed by atoms with Crippen LogP contribution >= 0.6 is 0 Å². The molecule has 6 atom stereocenters. The third-order valence-corrected chi connectivity index (χ3v) is 7.94. The average molecular weight is 429 g/mol. The van der Waals surface area contributed by atoms with E-state index >= 15 is 0 Å². The molecule has 0 spiro atoms. The van der Waals surface area contributed by atoms with E-state index in [0.717, 1.165) is 43.6 Å². The lowest BCUT2D eigenvalue weighted by Crippen LogP contribution is -2.55. The van der Waals surface area contributed by atoms with Crippen molar-refractivity contribution in [2.24, 2.45) is 23.7 Å². The largest absolute Gasteiger partial charge is 0.497 e. The Bertz CT molecular complexity index is 954. The fourth-order valence-electron chi connectivity index (χ4n) is 6.62. The van der Waals surface area contributed by atoms with E-state index < -0.39 is 0 Å². The van der Waals surface area contributed by atoms with Gasteiger partial charge in [0.1, 0.15) is 5.75 Å². The molecule has 2 aliphatic heterocycles. The number of rotatable bonds is 3. The molecular weight excluding hydrogens is 392 g/mol. The molecule has 1 N–H and O–H groups in total. The van der Waals surface area contributed by atoms with Crippen molar-refractivity contribution in [3.05, 3.63) is 29.5 Å². The Labute approximate surface area is 185 Å². The molecule has 1 saturated carbocycles. The average Bonchev–Trinajstić information content (AvgIpc) is 3.14. The number of hydrogen-bond donors (Lipinski definition) is 1. The van der Waals surface area contributed by atoms with Gasteiger partial charge < -0.3 is 19.2 Å². The first kappa shape index (κ1) is 22.2. The zero-order valence-corrected chi connectivity index (χ0v) is 18.3. The first-order valence-electron chi connectivity index (χ1n) is 11.1. The molecule has 1 aromatic heterocycles. The molecule has 170 valence electrons. The normalized spacial score (nSPS) is 32.4. The molecule has 2 aromatic rings. The lowest BCUT2D eigenvalue weighted by Gasteiger charge is -2.53. The number of piperidine rings is 1. The molecule has 0 radical (unpaired) electrons. The minimum absolute atomic E-state index is 0. The van der Waals surface area contributed by atoms with E-state index in [1.807, 2.05) is 6.07 Å². The summed E-state index contributed by atoms with van der Waals surface area (Å²) in [5, 5.41) is 1.30. The Morgan fingerprint density at radius 2 is 2.00 bits per heavy atom. The van der Waals surface area contributed by atoms with Gasteiger partial charge in [0.05, 0.1) is 32.3 Å². The standard InChI is InChI=1S/C24H32N2O4.CH4/c1-13-9-14-12-26-8-7-17-16-6-5-15(28-2)10-19(16)25-22(17)20(26)11-18(14)21(23(13)29-3)24(27)30-4;/h5-6,10,13-14,18,20-21,23,25H,7-9,11-12H2,1-4H3;1H4/t13?,14-,18+,20-,21+,23+;/m1./s1. The number of esters is 1. The molecule has 0 amide bonds. The van der Waals surface area contributed by atoms with Crippen LogP contribution in [0.1, 0.15) is 44.5 Å². The summed E-state index contributed by atoms with van der Waals surface area (Å²) in [6.45, 7) is 4.33. The maximum absolute atomic E-state index is 12.8. The van der Waals surface area contributed by atoms with Gasteiger partial charge in [0.15, 0.2) is 0 Å². The molecule has 31 heavy (non-hydrogen) atoms. The van der Waals surface area contributed by atoms with Gasteiger partial charge in [-0.2, -0.15) is 0 Å². The van der Waals surface area contributed by atoms with Gasteiger partial charge in [0.2, 0.25) is 0 Å². The molecule has 0 bridgehead atoms. The van der Waals surface area contributed by atoms with Crippen LogP contribution in [0.5, 0.6) is 5.75 Å². The molecular formula is C25H36N2O4. The maximum Gasteiger partial charge on any atom is 0.311 e. The zero-order chi connectivity index (χ0) is 21.0. The zero-order valence-electron chi connectivity index (χ0n) is 18.3. The van der Waals surface area contributed by atoms with Crippen molar-refractivity contribution in [1.29, 1.82) is 0 Å². The number of carbonyl (C=O) groups is 1. The molecule has 3 aliphatic rings. The monoisotopic (exact) mass is 428 g/mol. The molecule has 1 aromatic carbocycles. The third kappa shape index (κ3) is 3.44. The van der Waals surface area contributed by atoms with Gasteiger partial charge in [0.25, 0.3) is 0 Å². The Balaban J connectivity index is 0.00000231. The van der Waals surface area contributed by atoms with Gasteiger partial charge in [-0.05, 0) is 54.7 Å². The van der Waals surface area contributed by atoms with Crippen LogP contribution in [0.4, 0.5) is 0 Å². The van der Waals surface area contributed by atoms with Crippen LogP contribution < -0.4 is 4.74 Å². The number of methoxy groups -OCH3 is 3. The summed E-state index contributed by atoms with van der Waals surface area (Å²) in [6.07, 6.45) is 3.07. The number of carbonyl (C=O) groups excluding carboxylic acids is 1. The topological polar surface area (TPSA) is 63.8 Å². The predicted octanol–water partition coefficient (Wildman–Crippen LogP) is 4.19. The number of nitrogens with one attached hydrogen (secondary N) is 1. The molecule has 6 heteroatoms. The number of aromatic amines is 1. The molecule has 2 fully saturated rings. The van der Waals surface area contributed by atoms with Crippen LogP contribution in [-0.2, 0) is 20.7 Å². The van der Waals surface area contributed by atoms with E-state index in [2.05, 4.69) is 28.9 Å². The van der Waals surface area contributed by atoms with Gasteiger partial charge in [0, 0.05) is 42.9 Å². The Hall–Kier alpha value is -2.05. The first-order chi connectivity index (χ1) is 14.5. The second-order valence-electron chi connectivity index (χ2n) is 9.31. The fourth-order valence-corrected chi connectivity index (χ4v) is 6.62. The van der Waals surface area contributed by atoms with Gasteiger partial charge >= 0.3 is 5.97 Å². The highest BCUT2D eigenvalue weighted by Crippen LogP contribution is 2.51. The minimum Gasteiger partial charge on any atom is -0.497 e. The summed E-state index contributed by atoms with van der Waals surface area (Å²) < 4.78 is 16.5. The van der Waals surface area contributed by atoms with Gasteiger partial charge in [-0.3, -0.25) is 9.69 Å². The van der Waals surface area contributed by atoms with Crippen molar-refractivity contribution >= 4 is 16.9 Å². The van der Waals surface area contributed by atoms with Crippen molar-refractivity contribution < 1.29 is 19.0 Å². The summed E-state index contributed by atoms with van der Waals surface area (Å²) in [6, 6.07) is 6.61. The van der Waals surface area contributed by atoms with E-state index in [0.29, 0.717) is 17.9 Å². The second kappa shape index (κ2) is 8.47. The van der Waals surface area contributed by atoms with Crippen LogP contribution in [0.2, 0.25) is 0 Å². The summed E-state index contributed by atoms with van der Waals surface area (Å²) >= 11 is 0. The quantitative estimate of drug-likeness (QED) is 0.743. The molecule has 6 nitrogen and oxygen atoms in total. The van der Waals surface area contributed by atoms with Crippen LogP contribution in [0.25, 0.3) is 10.9 Å². The summed E-state index contributed by atoms with van der Waals surface area (Å²) in [5.41, 5.74) is 3.88. The van der Waals surface area contributed by atoms with Crippen molar-refractivity contribution in [2.75, 3.05) is 34.4 Å². The SMILES string of the molecule is C.COC(=O)[C@H]1[C@H]2C[C@@H]3c4[nH]c5cc(OC)ccc5c4CCN3C[C@H]2CC(C)[C@@H]1OC. The smallest absolute Gasteiger partial charge is 0.311 e.